The molecule has 118 valence electrons. The molecule has 0 radical (unpaired) electrons. The number of hydrogen-bond acceptors (Lipinski definition) is 8. The third-order valence-corrected chi connectivity index (χ3v) is 3.12. The Hall–Kier alpha value is -2.53. The number of nitrogens with two attached hydrogens (primary N) is 1. The summed E-state index contributed by atoms with van der Waals surface area (Å²) < 4.78 is 6.05. The predicted octanol–water partition coefficient (Wildman–Crippen LogP) is -0.127. The molecule has 3 N–H and O–H groups in total. The van der Waals surface area contributed by atoms with Gasteiger partial charge in [-0.15, -0.1) is 0 Å². The van der Waals surface area contributed by atoms with E-state index in [1.807, 2.05) is 0 Å². The van der Waals surface area contributed by atoms with E-state index in [0.29, 0.717) is 5.69 Å². The first-order valence-electron chi connectivity index (χ1n) is 6.12. The first-order valence-corrected chi connectivity index (χ1v) is 6.50. The lowest BCUT2D eigenvalue weighted by molar-refractivity contribution is -0.389. The van der Waals surface area contributed by atoms with Crippen LogP contribution in [0.1, 0.15) is 22.2 Å². The summed E-state index contributed by atoms with van der Waals surface area (Å²) >= 11 is 5.82. The van der Waals surface area contributed by atoms with Crippen molar-refractivity contribution in [3.8, 4) is 0 Å². The van der Waals surface area contributed by atoms with Gasteiger partial charge in [-0.25, -0.2) is 0 Å². The number of aromatic nitrogens is 4. The molecule has 0 aliphatic heterocycles. The summed E-state index contributed by atoms with van der Waals surface area (Å²) in [4.78, 5) is 25.5. The van der Waals surface area contributed by atoms with Gasteiger partial charge in [-0.2, -0.15) is 9.67 Å². The molecule has 0 fully saturated rings. The number of amides is 1. The Morgan fingerprint density at radius 3 is 2.91 bits per heavy atom. The summed E-state index contributed by atoms with van der Waals surface area (Å²) in [6, 6.07) is 0. The zero-order valence-electron chi connectivity index (χ0n) is 11.4. The minimum Gasteiger partial charge on any atom is -0.358 e. The van der Waals surface area contributed by atoms with E-state index in [1.165, 1.54) is 4.68 Å². The Morgan fingerprint density at radius 2 is 2.32 bits per heavy atom. The van der Waals surface area contributed by atoms with Gasteiger partial charge in [-0.1, -0.05) is 16.8 Å². The second-order valence-corrected chi connectivity index (χ2v) is 4.58. The standard InChI is InChI=1S/C10H12ClN7O4/c1-5-7(11)8(18(20)21)15-17(5)4-6-14-10(22-16-6)9(19)13-3-2-12/h2-4,12H2,1H3,(H,13,19). The summed E-state index contributed by atoms with van der Waals surface area (Å²) in [6.07, 6.45) is 0. The normalized spacial score (nSPS) is 10.7. The summed E-state index contributed by atoms with van der Waals surface area (Å²) in [5, 5.41) is 20.5. The fraction of sp³-hybridized carbons (Fsp3) is 0.400. The van der Waals surface area contributed by atoms with Gasteiger partial charge in [0.05, 0.1) is 10.8 Å². The molecule has 22 heavy (non-hydrogen) atoms. The average molecular weight is 330 g/mol. The number of rotatable bonds is 6. The maximum atomic E-state index is 11.6. The van der Waals surface area contributed by atoms with Gasteiger partial charge in [0, 0.05) is 13.1 Å². The third kappa shape index (κ3) is 3.20. The first-order chi connectivity index (χ1) is 10.4. The Labute approximate surface area is 128 Å². The second-order valence-electron chi connectivity index (χ2n) is 4.20. The molecule has 0 spiro atoms. The number of nitrogens with zero attached hydrogens (tertiary/aromatic N) is 5. The highest BCUT2D eigenvalue weighted by molar-refractivity contribution is 6.33. The summed E-state index contributed by atoms with van der Waals surface area (Å²) in [5.74, 6) is -1.10. The van der Waals surface area contributed by atoms with Crippen molar-refractivity contribution in [3.05, 3.63) is 32.5 Å². The molecule has 2 aromatic rings. The Morgan fingerprint density at radius 1 is 1.59 bits per heavy atom. The highest BCUT2D eigenvalue weighted by atomic mass is 35.5. The maximum Gasteiger partial charge on any atom is 0.408 e. The maximum absolute atomic E-state index is 11.6. The van der Waals surface area contributed by atoms with E-state index in [0.717, 1.165) is 0 Å². The SMILES string of the molecule is Cc1c(Cl)c([N+](=O)[O-])nn1Cc1noc(C(=O)NCCN)n1. The molecule has 2 aromatic heterocycles. The van der Waals surface area contributed by atoms with Crippen molar-refractivity contribution < 1.29 is 14.2 Å². The second kappa shape index (κ2) is 6.49. The minimum atomic E-state index is -0.687. The number of carbonyl (C=O) groups is 1. The molecule has 0 aromatic carbocycles. The molecule has 0 atom stereocenters. The largest absolute Gasteiger partial charge is 0.408 e. The quantitative estimate of drug-likeness (QED) is 0.548. The fourth-order valence-corrected chi connectivity index (χ4v) is 1.79. The molecule has 12 heteroatoms. The van der Waals surface area contributed by atoms with Crippen LogP contribution in [0.15, 0.2) is 4.52 Å². The van der Waals surface area contributed by atoms with Crippen LogP contribution in [0.25, 0.3) is 0 Å². The molecule has 2 rings (SSSR count). The van der Waals surface area contributed by atoms with Crippen molar-refractivity contribution in [1.82, 2.24) is 25.2 Å². The van der Waals surface area contributed by atoms with E-state index < -0.39 is 16.6 Å². The Balaban J connectivity index is 2.15. The van der Waals surface area contributed by atoms with Crippen LogP contribution in [0, 0.1) is 17.0 Å². The van der Waals surface area contributed by atoms with Crippen molar-refractivity contribution in [3.63, 3.8) is 0 Å². The molecular weight excluding hydrogens is 318 g/mol. The lowest BCUT2D eigenvalue weighted by Crippen LogP contribution is -2.29. The number of hydrogen-bond donors (Lipinski definition) is 2. The minimum absolute atomic E-state index is 0.0208. The monoisotopic (exact) mass is 329 g/mol. The highest BCUT2D eigenvalue weighted by Crippen LogP contribution is 2.26. The van der Waals surface area contributed by atoms with Crippen LogP contribution in [0.5, 0.6) is 0 Å². The molecule has 0 saturated heterocycles. The smallest absolute Gasteiger partial charge is 0.358 e. The van der Waals surface area contributed by atoms with Gasteiger partial charge in [0.1, 0.15) is 6.54 Å². The molecule has 11 nitrogen and oxygen atoms in total. The fourth-order valence-electron chi connectivity index (χ4n) is 1.58. The molecule has 0 unspecified atom stereocenters. The van der Waals surface area contributed by atoms with Gasteiger partial charge in [-0.3, -0.25) is 4.79 Å². The van der Waals surface area contributed by atoms with E-state index in [-0.39, 0.29) is 36.4 Å². The zero-order valence-corrected chi connectivity index (χ0v) is 12.2. The Bertz CT molecular complexity index is 710. The van der Waals surface area contributed by atoms with E-state index >= 15 is 0 Å². The predicted molar refractivity (Wildman–Crippen MR) is 73.4 cm³/mol. The summed E-state index contributed by atoms with van der Waals surface area (Å²) in [7, 11) is 0. The summed E-state index contributed by atoms with van der Waals surface area (Å²) in [5.41, 5.74) is 5.64. The first kappa shape index (κ1) is 15.9. The van der Waals surface area contributed by atoms with Crippen LogP contribution >= 0.6 is 11.6 Å². The van der Waals surface area contributed by atoms with Crippen LogP contribution in [0.3, 0.4) is 0 Å². The number of halogens is 1. The topological polar surface area (TPSA) is 155 Å². The molecular formula is C10H12ClN7O4. The molecule has 0 aliphatic rings. The lowest BCUT2D eigenvalue weighted by atomic mass is 10.4. The van der Waals surface area contributed by atoms with Crippen molar-refractivity contribution >= 4 is 23.3 Å². The van der Waals surface area contributed by atoms with Gasteiger partial charge in [0.15, 0.2) is 10.8 Å². The third-order valence-electron chi connectivity index (χ3n) is 2.67. The highest BCUT2D eigenvalue weighted by Gasteiger charge is 2.25. The van der Waals surface area contributed by atoms with Gasteiger partial charge in [0.2, 0.25) is 0 Å². The number of nitrogens with one attached hydrogen (secondary N) is 1. The van der Waals surface area contributed by atoms with Crippen LogP contribution in [0.4, 0.5) is 5.82 Å². The van der Waals surface area contributed by atoms with E-state index in [2.05, 4.69) is 20.6 Å². The molecule has 0 aliphatic carbocycles. The van der Waals surface area contributed by atoms with Crippen LogP contribution < -0.4 is 11.1 Å². The van der Waals surface area contributed by atoms with E-state index in [4.69, 9.17) is 21.9 Å². The molecule has 0 saturated carbocycles. The van der Waals surface area contributed by atoms with E-state index in [9.17, 15) is 14.9 Å². The molecule has 2 heterocycles. The summed E-state index contributed by atoms with van der Waals surface area (Å²) in [6.45, 7) is 2.10. The molecule has 0 bridgehead atoms. The van der Waals surface area contributed by atoms with Crippen molar-refractivity contribution in [2.24, 2.45) is 5.73 Å². The van der Waals surface area contributed by atoms with Gasteiger partial charge in [-0.05, 0) is 11.8 Å². The average Bonchev–Trinajstić information content (AvgIpc) is 3.05. The van der Waals surface area contributed by atoms with Crippen LogP contribution in [-0.4, -0.2) is 43.8 Å². The lowest BCUT2D eigenvalue weighted by Gasteiger charge is -1.96. The molecule has 1 amide bonds. The van der Waals surface area contributed by atoms with Crippen molar-refractivity contribution in [2.45, 2.75) is 13.5 Å². The van der Waals surface area contributed by atoms with Crippen LogP contribution in [-0.2, 0) is 6.54 Å². The Kier molecular flexibility index (Phi) is 4.68. The van der Waals surface area contributed by atoms with Crippen molar-refractivity contribution in [2.75, 3.05) is 13.1 Å². The van der Waals surface area contributed by atoms with Gasteiger partial charge < -0.3 is 25.7 Å². The van der Waals surface area contributed by atoms with Gasteiger partial charge in [0.25, 0.3) is 0 Å². The van der Waals surface area contributed by atoms with E-state index in [1.54, 1.807) is 6.92 Å². The zero-order chi connectivity index (χ0) is 16.3. The van der Waals surface area contributed by atoms with Gasteiger partial charge >= 0.3 is 17.6 Å². The van der Waals surface area contributed by atoms with Crippen molar-refractivity contribution in [1.29, 1.82) is 0 Å². The number of carbonyl (C=O) groups excluding carboxylic acids is 1. The van der Waals surface area contributed by atoms with Crippen LogP contribution in [0.2, 0.25) is 5.02 Å². The number of nitro groups is 1.